The first kappa shape index (κ1) is 24.2. The van der Waals surface area contributed by atoms with Gasteiger partial charge in [0.15, 0.2) is 0 Å². The topological polar surface area (TPSA) is 86.0 Å². The van der Waals surface area contributed by atoms with Crippen molar-refractivity contribution in [2.45, 2.75) is 44.0 Å². The molecule has 2 aliphatic rings. The van der Waals surface area contributed by atoms with Crippen LogP contribution in [0.3, 0.4) is 0 Å². The van der Waals surface area contributed by atoms with Crippen molar-refractivity contribution in [1.82, 2.24) is 9.80 Å². The van der Waals surface area contributed by atoms with Gasteiger partial charge in [0.25, 0.3) is 5.91 Å². The van der Waals surface area contributed by atoms with Crippen molar-refractivity contribution in [2.75, 3.05) is 39.8 Å². The molecule has 1 unspecified atom stereocenters. The molecule has 1 spiro atoms. The number of morpholine rings is 1. The summed E-state index contributed by atoms with van der Waals surface area (Å²) in [7, 11) is 1.54. The lowest BCUT2D eigenvalue weighted by atomic mass is 9.87. The van der Waals surface area contributed by atoms with E-state index in [4.69, 9.17) is 9.47 Å². The predicted octanol–water partition coefficient (Wildman–Crippen LogP) is 3.49. The molecule has 2 aromatic carbocycles. The van der Waals surface area contributed by atoms with Crippen LogP contribution in [-0.4, -0.2) is 66.2 Å². The van der Waals surface area contributed by atoms with Gasteiger partial charge in [-0.1, -0.05) is 36.4 Å². The Morgan fingerprint density at radius 3 is 2.56 bits per heavy atom. The summed E-state index contributed by atoms with van der Waals surface area (Å²) in [4.78, 5) is 17.3. The molecule has 1 atom stereocenters. The second-order valence-electron chi connectivity index (χ2n) is 9.79. The van der Waals surface area contributed by atoms with Crippen molar-refractivity contribution < 1.29 is 19.4 Å². The van der Waals surface area contributed by atoms with Gasteiger partial charge in [-0.2, -0.15) is 5.26 Å². The Kier molecular flexibility index (Phi) is 6.94. The van der Waals surface area contributed by atoms with Gasteiger partial charge in [0.1, 0.15) is 5.75 Å². The van der Waals surface area contributed by atoms with Crippen LogP contribution in [0, 0.1) is 11.3 Å². The van der Waals surface area contributed by atoms with Gasteiger partial charge in [0.2, 0.25) is 0 Å². The second kappa shape index (κ2) is 9.75. The quantitative estimate of drug-likeness (QED) is 0.683. The van der Waals surface area contributed by atoms with E-state index in [0.29, 0.717) is 62.4 Å². The Labute approximate surface area is 201 Å². The summed E-state index contributed by atoms with van der Waals surface area (Å²) < 4.78 is 12.1. The van der Waals surface area contributed by atoms with E-state index in [2.05, 4.69) is 23.1 Å². The molecule has 4 rings (SSSR count). The van der Waals surface area contributed by atoms with Gasteiger partial charge in [0, 0.05) is 37.3 Å². The van der Waals surface area contributed by atoms with Crippen molar-refractivity contribution in [2.24, 2.45) is 0 Å². The molecule has 1 N–H and O–H groups in total. The molecule has 7 nitrogen and oxygen atoms in total. The average Bonchev–Trinajstić information content (AvgIpc) is 2.83. The third-order valence-electron chi connectivity index (χ3n) is 6.86. The average molecular weight is 464 g/mol. The number of carbonyl (C=O) groups excluding carboxylic acids is 1. The normalized spacial score (nSPS) is 20.7. The van der Waals surface area contributed by atoms with Gasteiger partial charge in [-0.05, 0) is 44.4 Å². The van der Waals surface area contributed by atoms with Crippen molar-refractivity contribution in [3.8, 4) is 11.8 Å². The first-order valence-corrected chi connectivity index (χ1v) is 11.8. The number of aliphatic hydroxyl groups is 1. The molecule has 2 heterocycles. The third-order valence-corrected chi connectivity index (χ3v) is 6.86. The van der Waals surface area contributed by atoms with Crippen LogP contribution in [0.2, 0.25) is 0 Å². The number of rotatable bonds is 5. The van der Waals surface area contributed by atoms with Crippen LogP contribution in [-0.2, 0) is 10.3 Å². The number of nitrogens with zero attached hydrogens (tertiary/aromatic N) is 3. The number of amides is 1. The highest BCUT2D eigenvalue weighted by atomic mass is 16.5. The number of hydrogen-bond acceptors (Lipinski definition) is 6. The van der Waals surface area contributed by atoms with E-state index in [1.165, 1.54) is 0 Å². The van der Waals surface area contributed by atoms with E-state index in [9.17, 15) is 15.2 Å². The number of methoxy groups -OCH3 is 1. The maximum absolute atomic E-state index is 13.3. The number of benzene rings is 2. The summed E-state index contributed by atoms with van der Waals surface area (Å²) in [5, 5.41) is 19.7. The van der Waals surface area contributed by atoms with E-state index in [1.807, 2.05) is 23.1 Å². The van der Waals surface area contributed by atoms with Gasteiger partial charge in [-0.3, -0.25) is 9.69 Å². The molecule has 2 aliphatic heterocycles. The second-order valence-corrected chi connectivity index (χ2v) is 9.79. The lowest BCUT2D eigenvalue weighted by Gasteiger charge is -2.49. The summed E-state index contributed by atoms with van der Waals surface area (Å²) >= 11 is 0. The zero-order chi connectivity index (χ0) is 24.3. The van der Waals surface area contributed by atoms with Crippen molar-refractivity contribution >= 4 is 5.91 Å². The molecule has 0 radical (unpaired) electrons. The van der Waals surface area contributed by atoms with Gasteiger partial charge < -0.3 is 19.5 Å². The van der Waals surface area contributed by atoms with Crippen LogP contribution in [0.5, 0.6) is 5.75 Å². The minimum atomic E-state index is -1.06. The van der Waals surface area contributed by atoms with Gasteiger partial charge in [-0.15, -0.1) is 0 Å². The molecule has 0 aromatic heterocycles. The number of likely N-dealkylation sites (tertiary alicyclic amines) is 1. The Morgan fingerprint density at radius 2 is 1.94 bits per heavy atom. The molecule has 0 aliphatic carbocycles. The Morgan fingerprint density at radius 1 is 1.24 bits per heavy atom. The number of hydrogen-bond donors (Lipinski definition) is 1. The minimum Gasteiger partial charge on any atom is -0.496 e. The molecule has 2 saturated heterocycles. The van der Waals surface area contributed by atoms with E-state index < -0.39 is 5.60 Å². The maximum Gasteiger partial charge on any atom is 0.253 e. The highest BCUT2D eigenvalue weighted by molar-refractivity contribution is 5.95. The van der Waals surface area contributed by atoms with Crippen molar-refractivity contribution in [1.29, 1.82) is 5.26 Å². The summed E-state index contributed by atoms with van der Waals surface area (Å²) in [6.07, 6.45) is 1.33. The molecule has 2 fully saturated rings. The number of piperidine rings is 1. The first-order valence-electron chi connectivity index (χ1n) is 11.8. The molecular weight excluding hydrogens is 430 g/mol. The number of ether oxygens (including phenoxy) is 2. The van der Waals surface area contributed by atoms with E-state index >= 15 is 0 Å². The fourth-order valence-corrected chi connectivity index (χ4v) is 5.05. The fourth-order valence-electron chi connectivity index (χ4n) is 5.05. The molecular formula is C27H33N3O4. The van der Waals surface area contributed by atoms with Gasteiger partial charge in [0.05, 0.1) is 37.0 Å². The predicted molar refractivity (Wildman–Crippen MR) is 128 cm³/mol. The van der Waals surface area contributed by atoms with Crippen LogP contribution in [0.25, 0.3) is 0 Å². The Hall–Kier alpha value is -2.92. The zero-order valence-electron chi connectivity index (χ0n) is 20.2. The van der Waals surface area contributed by atoms with Gasteiger partial charge >= 0.3 is 0 Å². The Balaban J connectivity index is 1.48. The molecule has 0 saturated carbocycles. The lowest BCUT2D eigenvalue weighted by Crippen LogP contribution is -2.58. The van der Waals surface area contributed by atoms with Crippen molar-refractivity contribution in [3.63, 3.8) is 0 Å². The van der Waals surface area contributed by atoms with Gasteiger partial charge in [-0.25, -0.2) is 0 Å². The highest BCUT2D eigenvalue weighted by Gasteiger charge is 2.44. The smallest absolute Gasteiger partial charge is 0.253 e. The van der Waals surface area contributed by atoms with Crippen LogP contribution in [0.15, 0.2) is 48.5 Å². The van der Waals surface area contributed by atoms with Crippen LogP contribution >= 0.6 is 0 Å². The SMILES string of the molecule is COc1cc(C(=O)N2CCC3(CC2)CN(CC#N)CC(c2ccccc2)O3)ccc1C(C)(C)O. The van der Waals surface area contributed by atoms with Crippen LogP contribution < -0.4 is 4.74 Å². The van der Waals surface area contributed by atoms with E-state index in [1.54, 1.807) is 39.2 Å². The summed E-state index contributed by atoms with van der Waals surface area (Å²) in [5.41, 5.74) is 0.854. The maximum atomic E-state index is 13.3. The summed E-state index contributed by atoms with van der Waals surface area (Å²) in [6.45, 7) is 6.30. The number of carbonyl (C=O) groups is 1. The number of nitriles is 1. The zero-order valence-corrected chi connectivity index (χ0v) is 20.2. The molecule has 7 heteroatoms. The largest absolute Gasteiger partial charge is 0.496 e. The fraction of sp³-hybridized carbons (Fsp3) is 0.481. The summed E-state index contributed by atoms with van der Waals surface area (Å²) in [6, 6.07) is 17.6. The Bertz CT molecular complexity index is 1050. The molecule has 34 heavy (non-hydrogen) atoms. The van der Waals surface area contributed by atoms with Crippen LogP contribution in [0.4, 0.5) is 0 Å². The molecule has 180 valence electrons. The van der Waals surface area contributed by atoms with E-state index in [0.717, 1.165) is 5.56 Å². The third kappa shape index (κ3) is 5.10. The summed E-state index contributed by atoms with van der Waals surface area (Å²) in [5.74, 6) is 0.444. The lowest BCUT2D eigenvalue weighted by molar-refractivity contribution is -0.173. The van der Waals surface area contributed by atoms with E-state index in [-0.39, 0.29) is 17.6 Å². The highest BCUT2D eigenvalue weighted by Crippen LogP contribution is 2.38. The van der Waals surface area contributed by atoms with Crippen LogP contribution in [0.1, 0.15) is 54.3 Å². The minimum absolute atomic E-state index is 0.0558. The monoisotopic (exact) mass is 463 g/mol. The standard InChI is InChI=1S/C27H33N3O4/c1-26(2,32)22-10-9-21(17-23(22)33-3)25(31)30-14-11-27(12-15-30)19-29(16-13-28)18-24(34-27)20-7-5-4-6-8-20/h4-10,17,24,32H,11-12,14-16,18-19H2,1-3H3. The molecule has 2 aromatic rings. The first-order chi connectivity index (χ1) is 16.2. The van der Waals surface area contributed by atoms with Crippen molar-refractivity contribution in [3.05, 3.63) is 65.2 Å². The molecule has 1 amide bonds. The molecule has 0 bridgehead atoms.